The minimum Gasteiger partial charge on any atom is -0.466 e. The van der Waals surface area contributed by atoms with Crippen LogP contribution in [0, 0.1) is 0 Å². The van der Waals surface area contributed by atoms with E-state index in [1.54, 1.807) is 0 Å². The summed E-state index contributed by atoms with van der Waals surface area (Å²) in [6, 6.07) is -0.553. The average Bonchev–Trinajstić information content (AvgIpc) is 3.26. The minimum atomic E-state index is -0.674. The van der Waals surface area contributed by atoms with Crippen LogP contribution >= 0.6 is 0 Å². The first-order valence-electron chi connectivity index (χ1n) is 27.1. The molecule has 0 bridgehead atoms. The number of hydrogen-bond donors (Lipinski definition) is 3. The Labute approximate surface area is 380 Å². The zero-order valence-electron chi connectivity index (χ0n) is 40.9. The molecule has 0 saturated heterocycles. The van der Waals surface area contributed by atoms with Crippen LogP contribution in [0.25, 0.3) is 0 Å². The van der Waals surface area contributed by atoms with Crippen molar-refractivity contribution in [3.05, 3.63) is 24.3 Å². The molecule has 1 amide bonds. The molecule has 0 aromatic heterocycles. The molecule has 6 nitrogen and oxygen atoms in total. The molecule has 0 heterocycles. The van der Waals surface area contributed by atoms with Crippen molar-refractivity contribution in [1.82, 2.24) is 5.32 Å². The zero-order valence-corrected chi connectivity index (χ0v) is 40.9. The van der Waals surface area contributed by atoms with Crippen molar-refractivity contribution >= 4 is 11.9 Å². The minimum absolute atomic E-state index is 0.0157. The van der Waals surface area contributed by atoms with Gasteiger partial charge < -0.3 is 20.3 Å². The molecular weight excluding hydrogens is 755 g/mol. The second-order valence-corrected chi connectivity index (χ2v) is 18.6. The number of hydrogen-bond acceptors (Lipinski definition) is 5. The van der Waals surface area contributed by atoms with Crippen LogP contribution in [-0.2, 0) is 14.3 Å². The van der Waals surface area contributed by atoms with Gasteiger partial charge in [0.25, 0.3) is 0 Å². The van der Waals surface area contributed by atoms with Gasteiger partial charge in [-0.05, 0) is 64.2 Å². The molecule has 0 radical (unpaired) electrons. The normalized spacial score (nSPS) is 12.8. The van der Waals surface area contributed by atoms with E-state index in [2.05, 4.69) is 43.5 Å². The van der Waals surface area contributed by atoms with Gasteiger partial charge in [-0.2, -0.15) is 0 Å². The van der Waals surface area contributed by atoms with Crippen LogP contribution in [-0.4, -0.2) is 47.4 Å². The predicted octanol–water partition coefficient (Wildman–Crippen LogP) is 16.3. The summed E-state index contributed by atoms with van der Waals surface area (Å²) < 4.78 is 5.43. The molecular formula is C55H105NO5. The van der Waals surface area contributed by atoms with Crippen molar-refractivity contribution < 1.29 is 24.5 Å². The number of nitrogens with one attached hydrogen (secondary N) is 1. The van der Waals surface area contributed by atoms with Gasteiger partial charge in [0.2, 0.25) is 5.91 Å². The molecule has 0 saturated carbocycles. The summed E-state index contributed by atoms with van der Waals surface area (Å²) in [5, 5.41) is 23.2. The van der Waals surface area contributed by atoms with Crippen molar-refractivity contribution in [2.45, 2.75) is 302 Å². The zero-order chi connectivity index (χ0) is 44.4. The molecule has 2 unspecified atom stereocenters. The topological polar surface area (TPSA) is 95.9 Å². The Hall–Kier alpha value is -1.66. The first-order valence-corrected chi connectivity index (χ1v) is 27.1. The number of carbonyl (C=O) groups excluding carboxylic acids is 2. The second kappa shape index (κ2) is 51.0. The Balaban J connectivity index is 3.51. The highest BCUT2D eigenvalue weighted by Gasteiger charge is 2.20. The number of rotatable bonds is 50. The molecule has 0 rings (SSSR count). The molecule has 2 atom stereocenters. The van der Waals surface area contributed by atoms with E-state index in [1.807, 2.05) is 0 Å². The molecule has 6 heteroatoms. The molecule has 0 aromatic carbocycles. The fourth-order valence-electron chi connectivity index (χ4n) is 8.32. The molecule has 0 aromatic rings. The average molecular weight is 860 g/mol. The maximum Gasteiger partial charge on any atom is 0.305 e. The Morgan fingerprint density at radius 2 is 0.820 bits per heavy atom. The Morgan fingerprint density at radius 1 is 0.459 bits per heavy atom. The lowest BCUT2D eigenvalue weighted by Gasteiger charge is -2.22. The summed E-state index contributed by atoms with van der Waals surface area (Å²) in [5.41, 5.74) is 0. The van der Waals surface area contributed by atoms with Crippen LogP contribution in [0.4, 0.5) is 0 Å². The van der Waals surface area contributed by atoms with Crippen molar-refractivity contribution in [3.8, 4) is 0 Å². The van der Waals surface area contributed by atoms with Gasteiger partial charge in [0.15, 0.2) is 0 Å². The van der Waals surface area contributed by atoms with Crippen LogP contribution < -0.4 is 5.32 Å². The SMILES string of the molecule is CCCCCCCCCCCCCCCCCCC(O)C(CO)NC(=O)CCCCCCCCC/C=C\C/C=C\CCCCCOC(=O)CCCCCCCCCCCCC. The van der Waals surface area contributed by atoms with Gasteiger partial charge in [0, 0.05) is 12.8 Å². The monoisotopic (exact) mass is 860 g/mol. The smallest absolute Gasteiger partial charge is 0.305 e. The summed E-state index contributed by atoms with van der Waals surface area (Å²) >= 11 is 0. The highest BCUT2D eigenvalue weighted by molar-refractivity contribution is 5.76. The van der Waals surface area contributed by atoms with E-state index in [-0.39, 0.29) is 18.5 Å². The third-order valence-electron chi connectivity index (χ3n) is 12.5. The van der Waals surface area contributed by atoms with E-state index in [9.17, 15) is 19.8 Å². The Morgan fingerprint density at radius 3 is 1.25 bits per heavy atom. The number of amides is 1. The van der Waals surface area contributed by atoms with Crippen LogP contribution in [0.2, 0.25) is 0 Å². The highest BCUT2D eigenvalue weighted by Crippen LogP contribution is 2.16. The van der Waals surface area contributed by atoms with Crippen LogP contribution in [0.5, 0.6) is 0 Å². The molecule has 360 valence electrons. The molecule has 0 fully saturated rings. The largest absolute Gasteiger partial charge is 0.466 e. The van der Waals surface area contributed by atoms with E-state index in [4.69, 9.17) is 4.74 Å². The van der Waals surface area contributed by atoms with Gasteiger partial charge in [-0.15, -0.1) is 0 Å². The summed E-state index contributed by atoms with van der Waals surface area (Å²) in [6.07, 6.45) is 60.1. The van der Waals surface area contributed by atoms with Crippen LogP contribution in [0.1, 0.15) is 290 Å². The summed E-state index contributed by atoms with van der Waals surface area (Å²) in [5.74, 6) is -0.0656. The lowest BCUT2D eigenvalue weighted by molar-refractivity contribution is -0.143. The molecule has 0 aliphatic carbocycles. The molecule has 61 heavy (non-hydrogen) atoms. The summed E-state index contributed by atoms with van der Waals surface area (Å²) in [4.78, 5) is 24.4. The number of esters is 1. The van der Waals surface area contributed by atoms with Crippen molar-refractivity contribution in [1.29, 1.82) is 0 Å². The molecule has 0 spiro atoms. The summed E-state index contributed by atoms with van der Waals surface area (Å²) in [6.45, 7) is 4.91. The number of aliphatic hydroxyl groups is 2. The first-order chi connectivity index (χ1) is 30.0. The Bertz CT molecular complexity index is 951. The fourth-order valence-corrected chi connectivity index (χ4v) is 8.32. The number of ether oxygens (including phenoxy) is 1. The van der Waals surface area contributed by atoms with Crippen molar-refractivity contribution in [2.24, 2.45) is 0 Å². The quantitative estimate of drug-likeness (QED) is 0.0322. The molecule has 0 aliphatic rings. The highest BCUT2D eigenvalue weighted by atomic mass is 16.5. The Kier molecular flexibility index (Phi) is 49.6. The number of allylic oxidation sites excluding steroid dienone is 4. The van der Waals surface area contributed by atoms with Gasteiger partial charge in [0.05, 0.1) is 25.4 Å². The van der Waals surface area contributed by atoms with Gasteiger partial charge in [0.1, 0.15) is 0 Å². The lowest BCUT2D eigenvalue weighted by Crippen LogP contribution is -2.45. The maximum absolute atomic E-state index is 12.5. The van der Waals surface area contributed by atoms with Gasteiger partial charge in [-0.1, -0.05) is 237 Å². The van der Waals surface area contributed by atoms with Crippen molar-refractivity contribution in [3.63, 3.8) is 0 Å². The van der Waals surface area contributed by atoms with E-state index >= 15 is 0 Å². The van der Waals surface area contributed by atoms with Crippen LogP contribution in [0.3, 0.4) is 0 Å². The molecule has 3 N–H and O–H groups in total. The van der Waals surface area contributed by atoms with E-state index < -0.39 is 12.1 Å². The third kappa shape index (κ3) is 47.7. The number of carbonyl (C=O) groups is 2. The maximum atomic E-state index is 12.5. The first kappa shape index (κ1) is 59.3. The van der Waals surface area contributed by atoms with E-state index in [0.717, 1.165) is 83.5 Å². The lowest BCUT2D eigenvalue weighted by atomic mass is 10.0. The standard InChI is InChI=1S/C55H105NO5/c1-3-5-7-9-11-13-15-16-17-21-24-28-31-35-39-43-47-53(58)52(51-57)56-54(59)48-44-40-36-32-29-25-22-19-18-20-23-26-30-34-38-42-46-50-61-55(60)49-45-41-37-33-27-14-12-10-8-6-4-2/h18,20,26,30,52-53,57-58H,3-17,19,21-25,27-29,31-51H2,1-2H3,(H,56,59)/b20-18-,30-26-. The fraction of sp³-hybridized carbons (Fsp3) is 0.891. The predicted molar refractivity (Wildman–Crippen MR) is 264 cm³/mol. The van der Waals surface area contributed by atoms with E-state index in [1.165, 1.54) is 173 Å². The van der Waals surface area contributed by atoms with Crippen molar-refractivity contribution in [2.75, 3.05) is 13.2 Å². The van der Waals surface area contributed by atoms with Crippen LogP contribution in [0.15, 0.2) is 24.3 Å². The third-order valence-corrected chi connectivity index (χ3v) is 12.5. The van der Waals surface area contributed by atoms with E-state index in [0.29, 0.717) is 25.9 Å². The van der Waals surface area contributed by atoms with Gasteiger partial charge in [-0.3, -0.25) is 9.59 Å². The second-order valence-electron chi connectivity index (χ2n) is 18.6. The van der Waals surface area contributed by atoms with Gasteiger partial charge >= 0.3 is 5.97 Å². The summed E-state index contributed by atoms with van der Waals surface area (Å²) in [7, 11) is 0. The number of unbranched alkanes of at least 4 members (excludes halogenated alkanes) is 35. The molecule has 0 aliphatic heterocycles. The number of aliphatic hydroxyl groups excluding tert-OH is 2. The van der Waals surface area contributed by atoms with Gasteiger partial charge in [-0.25, -0.2) is 0 Å².